The molecule has 2 aliphatic rings. The molecule has 2 aliphatic heterocycles. The Balaban J connectivity index is 1.12. The Morgan fingerprint density at radius 1 is 1.00 bits per heavy atom. The molecule has 0 spiro atoms. The lowest BCUT2D eigenvalue weighted by Gasteiger charge is -2.35. The number of carbonyl (C=O) groups is 2. The highest BCUT2D eigenvalue weighted by Crippen LogP contribution is 2.40. The first-order valence-corrected chi connectivity index (χ1v) is 16.9. The number of halogens is 2. The van der Waals surface area contributed by atoms with E-state index in [0.717, 1.165) is 54.3 Å². The van der Waals surface area contributed by atoms with Crippen LogP contribution >= 0.6 is 23.2 Å². The Hall–Kier alpha value is -4.16. The molecule has 2 fully saturated rings. The Labute approximate surface area is 295 Å². The van der Waals surface area contributed by atoms with Gasteiger partial charge in [-0.15, -0.1) is 4.68 Å². The highest BCUT2D eigenvalue weighted by Gasteiger charge is 2.47. The minimum absolute atomic E-state index is 0.114. The summed E-state index contributed by atoms with van der Waals surface area (Å²) < 4.78 is 28.3. The second-order valence-corrected chi connectivity index (χ2v) is 13.3. The third-order valence-corrected chi connectivity index (χ3v) is 9.24. The topological polar surface area (TPSA) is 99.2 Å². The molecule has 1 amide bonds. The predicted molar refractivity (Wildman–Crippen MR) is 184 cm³/mol. The lowest BCUT2D eigenvalue weighted by molar-refractivity contribution is -0.689. The molecule has 258 valence electrons. The summed E-state index contributed by atoms with van der Waals surface area (Å²) in [5.74, 6) is -0.156. The molecule has 4 aromatic rings. The number of ether oxygens (including phenoxy) is 4. The van der Waals surface area contributed by atoms with Gasteiger partial charge in [0, 0.05) is 61.4 Å². The van der Waals surface area contributed by atoms with Gasteiger partial charge in [-0.2, -0.15) is 0 Å². The van der Waals surface area contributed by atoms with Crippen LogP contribution in [0.5, 0.6) is 11.5 Å². The molecule has 2 atom stereocenters. The molecule has 0 unspecified atom stereocenters. The van der Waals surface area contributed by atoms with Crippen LogP contribution in [0.2, 0.25) is 10.0 Å². The summed E-state index contributed by atoms with van der Waals surface area (Å²) in [5.41, 5.74) is 4.55. The third kappa shape index (κ3) is 8.18. The average molecular weight is 710 g/mol. The largest absolute Gasteiger partial charge is 0.491 e. The van der Waals surface area contributed by atoms with Gasteiger partial charge < -0.3 is 28.7 Å². The number of carbonyl (C=O) groups excluding carboxylic acids is 2. The van der Waals surface area contributed by atoms with Gasteiger partial charge in [-0.3, -0.25) is 9.59 Å². The van der Waals surface area contributed by atoms with Crippen molar-refractivity contribution >= 4 is 40.8 Å². The van der Waals surface area contributed by atoms with E-state index in [9.17, 15) is 9.59 Å². The molecule has 3 aromatic carbocycles. The fourth-order valence-corrected chi connectivity index (χ4v) is 6.92. The zero-order valence-electron chi connectivity index (χ0n) is 28.0. The van der Waals surface area contributed by atoms with Gasteiger partial charge in [-0.05, 0) is 79.1 Å². The minimum atomic E-state index is -1.23. The molecule has 49 heavy (non-hydrogen) atoms. The maximum Gasteiger partial charge on any atom is 0.308 e. The summed E-state index contributed by atoms with van der Waals surface area (Å²) >= 11 is 13.0. The van der Waals surface area contributed by atoms with Crippen molar-refractivity contribution in [3.8, 4) is 11.5 Å². The second-order valence-electron chi connectivity index (χ2n) is 12.5. The zero-order valence-corrected chi connectivity index (χ0v) is 29.5. The van der Waals surface area contributed by atoms with E-state index >= 15 is 0 Å². The van der Waals surface area contributed by atoms with E-state index in [-0.39, 0.29) is 37.7 Å². The number of rotatable bonds is 10. The second kappa shape index (κ2) is 14.8. The summed E-state index contributed by atoms with van der Waals surface area (Å²) in [5, 5.41) is 5.53. The normalized spacial score (nSPS) is 19.3. The summed E-state index contributed by atoms with van der Waals surface area (Å²) in [6.45, 7) is 11.2. The van der Waals surface area contributed by atoms with Gasteiger partial charge in [0.15, 0.2) is 6.54 Å². The van der Waals surface area contributed by atoms with Gasteiger partial charge in [-0.25, -0.2) is 4.57 Å². The van der Waals surface area contributed by atoms with Gasteiger partial charge in [0.1, 0.15) is 24.2 Å². The van der Waals surface area contributed by atoms with E-state index < -0.39 is 5.79 Å². The molecule has 1 aromatic heterocycles. The molecule has 13 heteroatoms. The SMILES string of the molecule is CC(=O)Oc1c(C)cc(C[n+]2cnn(C[C@@]3(c4ccc(Cl)cc4Cl)OC[C@@H](COc4ccc(N5CCN(C(C)=O)CC5)cc4)O3)c2)cc1C. The van der Waals surface area contributed by atoms with Crippen LogP contribution < -0.4 is 18.9 Å². The highest BCUT2D eigenvalue weighted by atomic mass is 35.5. The molecule has 2 saturated heterocycles. The van der Waals surface area contributed by atoms with Crippen molar-refractivity contribution in [3.05, 3.63) is 99.6 Å². The van der Waals surface area contributed by atoms with Crippen molar-refractivity contribution in [1.82, 2.24) is 14.7 Å². The molecular formula is C36H40Cl2N5O6+. The minimum Gasteiger partial charge on any atom is -0.491 e. The molecule has 3 heterocycles. The first-order chi connectivity index (χ1) is 23.5. The molecule has 11 nitrogen and oxygen atoms in total. The summed E-state index contributed by atoms with van der Waals surface area (Å²) in [4.78, 5) is 27.3. The first kappa shape index (κ1) is 34.7. The van der Waals surface area contributed by atoms with Gasteiger partial charge in [0.05, 0.1) is 18.2 Å². The van der Waals surface area contributed by atoms with E-state index in [4.69, 9.17) is 42.1 Å². The fraction of sp³-hybridized carbons (Fsp3) is 0.389. The number of benzene rings is 3. The molecule has 6 rings (SSSR count). The van der Waals surface area contributed by atoms with Crippen molar-refractivity contribution in [2.24, 2.45) is 0 Å². The Kier molecular flexibility index (Phi) is 10.4. The Morgan fingerprint density at radius 3 is 2.37 bits per heavy atom. The Morgan fingerprint density at radius 2 is 1.71 bits per heavy atom. The van der Waals surface area contributed by atoms with Crippen LogP contribution in [0.1, 0.15) is 36.1 Å². The third-order valence-electron chi connectivity index (χ3n) is 8.69. The van der Waals surface area contributed by atoms with Gasteiger partial charge >= 0.3 is 5.97 Å². The number of esters is 1. The quantitative estimate of drug-likeness (QED) is 0.128. The molecule has 0 saturated carbocycles. The van der Waals surface area contributed by atoms with E-state index in [2.05, 4.69) is 10.00 Å². The molecule has 0 aliphatic carbocycles. The number of amides is 1. The van der Waals surface area contributed by atoms with Crippen molar-refractivity contribution in [2.75, 3.05) is 44.3 Å². The van der Waals surface area contributed by atoms with Gasteiger partial charge in [-0.1, -0.05) is 29.3 Å². The van der Waals surface area contributed by atoms with Crippen molar-refractivity contribution < 1.29 is 33.1 Å². The lowest BCUT2D eigenvalue weighted by Crippen LogP contribution is -2.48. The van der Waals surface area contributed by atoms with E-state index in [1.807, 2.05) is 72.1 Å². The first-order valence-electron chi connectivity index (χ1n) is 16.2. The number of hydrogen-bond acceptors (Lipinski definition) is 8. The molecular weight excluding hydrogens is 669 g/mol. The molecule has 0 N–H and O–H groups in total. The van der Waals surface area contributed by atoms with Crippen LogP contribution in [0.25, 0.3) is 0 Å². The fourth-order valence-electron chi connectivity index (χ4n) is 6.36. The summed E-state index contributed by atoms with van der Waals surface area (Å²) in [7, 11) is 0. The number of anilines is 1. The maximum absolute atomic E-state index is 11.7. The van der Waals surface area contributed by atoms with Crippen LogP contribution in [0, 0.1) is 13.8 Å². The van der Waals surface area contributed by atoms with Crippen LogP contribution in [0.4, 0.5) is 5.69 Å². The number of aryl methyl sites for hydroxylation is 2. The lowest BCUT2D eigenvalue weighted by atomic mass is 10.1. The van der Waals surface area contributed by atoms with Crippen molar-refractivity contribution in [1.29, 1.82) is 0 Å². The number of aromatic nitrogens is 3. The number of hydrogen-bond donors (Lipinski definition) is 0. The summed E-state index contributed by atoms with van der Waals surface area (Å²) in [6, 6.07) is 17.2. The number of nitrogens with zero attached hydrogens (tertiary/aromatic N) is 5. The molecule has 0 radical (unpaired) electrons. The van der Waals surface area contributed by atoms with E-state index in [1.165, 1.54) is 6.92 Å². The van der Waals surface area contributed by atoms with Crippen LogP contribution in [0.3, 0.4) is 0 Å². The van der Waals surface area contributed by atoms with Crippen molar-refractivity contribution in [3.63, 3.8) is 0 Å². The van der Waals surface area contributed by atoms with Crippen LogP contribution in [-0.2, 0) is 37.9 Å². The van der Waals surface area contributed by atoms with Gasteiger partial charge in [0.2, 0.25) is 18.0 Å². The van der Waals surface area contributed by atoms with Crippen LogP contribution in [0.15, 0.2) is 67.3 Å². The monoisotopic (exact) mass is 708 g/mol. The zero-order chi connectivity index (χ0) is 34.7. The van der Waals surface area contributed by atoms with Crippen molar-refractivity contribution in [2.45, 2.75) is 52.7 Å². The average Bonchev–Trinajstić information content (AvgIpc) is 3.68. The highest BCUT2D eigenvalue weighted by molar-refractivity contribution is 6.35. The Bertz CT molecular complexity index is 1800. The summed E-state index contributed by atoms with van der Waals surface area (Å²) in [6.07, 6.45) is 3.24. The van der Waals surface area contributed by atoms with E-state index in [0.29, 0.717) is 27.9 Å². The maximum atomic E-state index is 11.7. The smallest absolute Gasteiger partial charge is 0.308 e. The predicted octanol–water partition coefficient (Wildman–Crippen LogP) is 5.08. The van der Waals surface area contributed by atoms with Crippen LogP contribution in [-0.4, -0.2) is 72.1 Å². The van der Waals surface area contributed by atoms with Gasteiger partial charge in [0.25, 0.3) is 6.33 Å². The standard InChI is InChI=1S/C36H40Cl2N5O6/c1-24-15-28(16-25(2)35(24)48-27(4)45)18-40-22-39-43(23-40)21-36(33-10-5-29(37)17-34(33)38)47-20-32(49-36)19-46-31-8-6-30(7-9-31)42-13-11-41(12-14-42)26(3)44/h5-10,15-17,22-23,32H,11-14,18-21H2,1-4H3/q+1/t32-,36-/m1/s1. The number of piperazine rings is 1. The molecule has 0 bridgehead atoms. The van der Waals surface area contributed by atoms with E-state index in [1.54, 1.807) is 30.1 Å².